The van der Waals surface area contributed by atoms with Crippen LogP contribution in [0.15, 0.2) is 0 Å². The molecule has 0 aromatic carbocycles. The molecule has 0 aliphatic carbocycles. The molecule has 1 unspecified atom stereocenters. The number of ether oxygens (including phenoxy) is 3. The van der Waals surface area contributed by atoms with Crippen LogP contribution in [0, 0.1) is 5.92 Å². The average molecular weight is 261 g/mol. The Bertz CT molecular complexity index is 286. The maximum atomic E-state index is 11.3. The summed E-state index contributed by atoms with van der Waals surface area (Å²) >= 11 is 0. The molecule has 104 valence electrons. The molecular weight excluding hydrogens is 242 g/mol. The molecule has 7 nitrogen and oxygen atoms in total. The molecule has 0 aromatic heterocycles. The summed E-state index contributed by atoms with van der Waals surface area (Å²) in [5, 5.41) is 0. The van der Waals surface area contributed by atoms with Crippen molar-refractivity contribution in [1.29, 1.82) is 0 Å². The van der Waals surface area contributed by atoms with Crippen molar-refractivity contribution in [3.8, 4) is 0 Å². The maximum absolute atomic E-state index is 11.3. The number of carbonyl (C=O) groups is 3. The third-order valence-corrected chi connectivity index (χ3v) is 2.30. The van der Waals surface area contributed by atoms with E-state index in [1.807, 2.05) is 0 Å². The summed E-state index contributed by atoms with van der Waals surface area (Å²) in [6.45, 7) is 1.67. The van der Waals surface area contributed by atoms with Gasteiger partial charge in [-0.2, -0.15) is 0 Å². The van der Waals surface area contributed by atoms with Crippen molar-refractivity contribution in [2.75, 3.05) is 41.0 Å². The van der Waals surface area contributed by atoms with Gasteiger partial charge in [-0.1, -0.05) is 6.92 Å². The normalized spacial score (nSPS) is 11.8. The number of rotatable bonds is 7. The first-order valence-electron chi connectivity index (χ1n) is 5.38. The average Bonchev–Trinajstić information content (AvgIpc) is 2.36. The molecule has 0 heterocycles. The van der Waals surface area contributed by atoms with Crippen LogP contribution in [0.3, 0.4) is 0 Å². The van der Waals surface area contributed by atoms with Gasteiger partial charge in [0.25, 0.3) is 0 Å². The van der Waals surface area contributed by atoms with Crippen LogP contribution >= 0.6 is 0 Å². The van der Waals surface area contributed by atoms with Crippen LogP contribution in [0.1, 0.15) is 6.92 Å². The van der Waals surface area contributed by atoms with E-state index in [4.69, 9.17) is 0 Å². The summed E-state index contributed by atoms with van der Waals surface area (Å²) in [5.74, 6) is -1.84. The molecule has 0 saturated heterocycles. The predicted molar refractivity (Wildman–Crippen MR) is 61.7 cm³/mol. The second-order valence-electron chi connectivity index (χ2n) is 3.75. The first-order valence-corrected chi connectivity index (χ1v) is 5.38. The monoisotopic (exact) mass is 261 g/mol. The van der Waals surface area contributed by atoms with Crippen LogP contribution in [0.2, 0.25) is 0 Å². The lowest BCUT2D eigenvalue weighted by Crippen LogP contribution is -2.40. The molecule has 0 bridgehead atoms. The molecule has 0 fully saturated rings. The molecule has 18 heavy (non-hydrogen) atoms. The van der Waals surface area contributed by atoms with Crippen LogP contribution in [0.25, 0.3) is 0 Å². The van der Waals surface area contributed by atoms with E-state index in [9.17, 15) is 14.4 Å². The number of hydrogen-bond donors (Lipinski definition) is 0. The largest absolute Gasteiger partial charge is 0.469 e. The highest BCUT2D eigenvalue weighted by molar-refractivity contribution is 5.75. The Morgan fingerprint density at radius 1 is 0.944 bits per heavy atom. The van der Waals surface area contributed by atoms with Gasteiger partial charge in [-0.3, -0.25) is 19.3 Å². The van der Waals surface area contributed by atoms with Gasteiger partial charge in [-0.25, -0.2) is 0 Å². The first-order chi connectivity index (χ1) is 8.44. The number of carbonyl (C=O) groups excluding carboxylic acids is 3. The molecule has 0 saturated carbocycles. The summed E-state index contributed by atoms with van der Waals surface area (Å²) < 4.78 is 13.6. The van der Waals surface area contributed by atoms with Crippen molar-refractivity contribution < 1.29 is 28.6 Å². The van der Waals surface area contributed by atoms with Gasteiger partial charge in [0.05, 0.1) is 40.3 Å². The summed E-state index contributed by atoms with van der Waals surface area (Å²) in [7, 11) is 3.79. The molecule has 0 rings (SSSR count). The fourth-order valence-corrected chi connectivity index (χ4v) is 1.34. The minimum Gasteiger partial charge on any atom is -0.469 e. The molecular formula is C11H19NO6. The van der Waals surface area contributed by atoms with E-state index in [2.05, 4.69) is 14.2 Å². The number of esters is 3. The lowest BCUT2D eigenvalue weighted by Gasteiger charge is -2.22. The van der Waals surface area contributed by atoms with Crippen LogP contribution in [-0.2, 0) is 28.6 Å². The van der Waals surface area contributed by atoms with E-state index in [1.165, 1.54) is 26.2 Å². The number of methoxy groups -OCH3 is 3. The second-order valence-corrected chi connectivity index (χ2v) is 3.75. The van der Waals surface area contributed by atoms with E-state index in [0.29, 0.717) is 0 Å². The molecule has 0 N–H and O–H groups in total. The lowest BCUT2D eigenvalue weighted by molar-refractivity contribution is -0.150. The van der Waals surface area contributed by atoms with Crippen LogP contribution < -0.4 is 0 Å². The first kappa shape index (κ1) is 16.4. The van der Waals surface area contributed by atoms with Crippen LogP contribution in [0.5, 0.6) is 0 Å². The Morgan fingerprint density at radius 3 is 1.72 bits per heavy atom. The van der Waals surface area contributed by atoms with Crippen LogP contribution in [0.4, 0.5) is 0 Å². The van der Waals surface area contributed by atoms with Gasteiger partial charge in [0.2, 0.25) is 0 Å². The highest BCUT2D eigenvalue weighted by Crippen LogP contribution is 2.03. The van der Waals surface area contributed by atoms with Crippen molar-refractivity contribution in [2.24, 2.45) is 5.92 Å². The van der Waals surface area contributed by atoms with Crippen molar-refractivity contribution in [1.82, 2.24) is 4.90 Å². The van der Waals surface area contributed by atoms with Gasteiger partial charge in [-0.05, 0) is 0 Å². The van der Waals surface area contributed by atoms with E-state index in [1.54, 1.807) is 6.92 Å². The van der Waals surface area contributed by atoms with E-state index in [0.717, 1.165) is 0 Å². The second kappa shape index (κ2) is 8.46. The van der Waals surface area contributed by atoms with E-state index in [-0.39, 0.29) is 19.6 Å². The van der Waals surface area contributed by atoms with E-state index < -0.39 is 23.8 Å². The fraction of sp³-hybridized carbons (Fsp3) is 0.727. The quantitative estimate of drug-likeness (QED) is 0.449. The number of nitrogens with zero attached hydrogens (tertiary/aromatic N) is 1. The van der Waals surface area contributed by atoms with E-state index >= 15 is 0 Å². The van der Waals surface area contributed by atoms with Gasteiger partial charge in [0, 0.05) is 6.54 Å². The SMILES string of the molecule is COC(=O)CN(CC(=O)OC)CC(C)C(=O)OC. The van der Waals surface area contributed by atoms with Gasteiger partial charge >= 0.3 is 17.9 Å². The topological polar surface area (TPSA) is 82.1 Å². The highest BCUT2D eigenvalue weighted by Gasteiger charge is 2.21. The molecule has 0 spiro atoms. The molecule has 1 atom stereocenters. The van der Waals surface area contributed by atoms with Gasteiger partial charge in [0.1, 0.15) is 0 Å². The zero-order valence-corrected chi connectivity index (χ0v) is 11.1. The molecule has 0 amide bonds. The molecule has 0 aliphatic heterocycles. The van der Waals surface area contributed by atoms with Crippen LogP contribution in [-0.4, -0.2) is 63.8 Å². The summed E-state index contributed by atoms with van der Waals surface area (Å²) in [6, 6.07) is 0. The lowest BCUT2D eigenvalue weighted by atomic mass is 10.1. The van der Waals surface area contributed by atoms with Gasteiger partial charge in [0.15, 0.2) is 0 Å². The smallest absolute Gasteiger partial charge is 0.319 e. The Morgan fingerprint density at radius 2 is 1.39 bits per heavy atom. The highest BCUT2D eigenvalue weighted by atomic mass is 16.5. The number of hydrogen-bond acceptors (Lipinski definition) is 7. The molecule has 7 heteroatoms. The molecule has 0 radical (unpaired) electrons. The fourth-order valence-electron chi connectivity index (χ4n) is 1.34. The summed E-state index contributed by atoms with van der Waals surface area (Å²) in [4.78, 5) is 35.1. The third-order valence-electron chi connectivity index (χ3n) is 2.30. The van der Waals surface area contributed by atoms with Crippen molar-refractivity contribution in [2.45, 2.75) is 6.92 Å². The Balaban J connectivity index is 4.50. The third kappa shape index (κ3) is 6.19. The minimum atomic E-state index is -0.490. The minimum absolute atomic E-state index is 0.0903. The molecule has 0 aliphatic rings. The van der Waals surface area contributed by atoms with Crippen molar-refractivity contribution in [3.63, 3.8) is 0 Å². The summed E-state index contributed by atoms with van der Waals surface area (Å²) in [6.07, 6.45) is 0. The maximum Gasteiger partial charge on any atom is 0.319 e. The predicted octanol–water partition coefficient (Wildman–Crippen LogP) is -0.556. The van der Waals surface area contributed by atoms with Gasteiger partial charge in [-0.15, -0.1) is 0 Å². The Labute approximate surface area is 106 Å². The zero-order valence-electron chi connectivity index (χ0n) is 11.1. The molecule has 0 aromatic rings. The van der Waals surface area contributed by atoms with Crippen molar-refractivity contribution >= 4 is 17.9 Å². The Kier molecular flexibility index (Phi) is 7.69. The van der Waals surface area contributed by atoms with Gasteiger partial charge < -0.3 is 14.2 Å². The summed E-state index contributed by atoms with van der Waals surface area (Å²) in [5.41, 5.74) is 0. The Hall–Kier alpha value is -1.63. The van der Waals surface area contributed by atoms with Crippen molar-refractivity contribution in [3.05, 3.63) is 0 Å². The zero-order chi connectivity index (χ0) is 14.1. The standard InChI is InChI=1S/C11H19NO6/c1-8(11(15)18-4)5-12(6-9(13)16-2)7-10(14)17-3/h8H,5-7H2,1-4H3.